The SMILES string of the molecule is CC(C)[C@H](NC(=O)OCc1ccccc1)C(=O)NC1CCCN(S(C)(=O)=O)C1. The smallest absolute Gasteiger partial charge is 0.408 e. The molecule has 8 nitrogen and oxygen atoms in total. The number of rotatable bonds is 7. The lowest BCUT2D eigenvalue weighted by molar-refractivity contribution is -0.125. The molecule has 2 atom stereocenters. The van der Waals surface area contributed by atoms with Gasteiger partial charge in [0.15, 0.2) is 0 Å². The standard InChI is InChI=1S/C19H29N3O5S/c1-14(2)17(21-19(24)27-13-15-8-5-4-6-9-15)18(23)20-16-10-7-11-22(12-16)28(3,25)26/h4-6,8-9,14,16-17H,7,10-13H2,1-3H3,(H,20,23)(H,21,24)/t16?,17-/m0/s1. The summed E-state index contributed by atoms with van der Waals surface area (Å²) in [5.41, 5.74) is 0.853. The quantitative estimate of drug-likeness (QED) is 0.707. The first-order valence-corrected chi connectivity index (χ1v) is 11.2. The van der Waals surface area contributed by atoms with Gasteiger partial charge in [-0.1, -0.05) is 44.2 Å². The lowest BCUT2D eigenvalue weighted by atomic mass is 10.0. The molecule has 0 aromatic heterocycles. The maximum absolute atomic E-state index is 12.7. The Morgan fingerprint density at radius 3 is 2.54 bits per heavy atom. The van der Waals surface area contributed by atoms with Crippen LogP contribution >= 0.6 is 0 Å². The molecular weight excluding hydrogens is 382 g/mol. The molecule has 1 aliphatic rings. The van der Waals surface area contributed by atoms with Gasteiger partial charge in [0.25, 0.3) is 0 Å². The molecule has 0 saturated carbocycles. The minimum atomic E-state index is -3.29. The average Bonchev–Trinajstić information content (AvgIpc) is 2.64. The molecule has 1 aromatic carbocycles. The fourth-order valence-electron chi connectivity index (χ4n) is 3.08. The first-order chi connectivity index (χ1) is 13.2. The van der Waals surface area contributed by atoms with Crippen LogP contribution in [0.2, 0.25) is 0 Å². The van der Waals surface area contributed by atoms with Crippen molar-refractivity contribution >= 4 is 22.0 Å². The Hall–Kier alpha value is -2.13. The number of nitrogens with one attached hydrogen (secondary N) is 2. The summed E-state index contributed by atoms with van der Waals surface area (Å²) in [6.07, 6.45) is 1.87. The maximum atomic E-state index is 12.7. The predicted octanol–water partition coefficient (Wildman–Crippen LogP) is 1.48. The summed E-state index contributed by atoms with van der Waals surface area (Å²) in [5.74, 6) is -0.495. The van der Waals surface area contributed by atoms with Crippen molar-refractivity contribution in [1.29, 1.82) is 0 Å². The molecule has 1 heterocycles. The maximum Gasteiger partial charge on any atom is 0.408 e. The molecule has 1 unspecified atom stereocenters. The van der Waals surface area contributed by atoms with Gasteiger partial charge in [0.1, 0.15) is 12.6 Å². The van der Waals surface area contributed by atoms with Crippen molar-refractivity contribution in [1.82, 2.24) is 14.9 Å². The van der Waals surface area contributed by atoms with E-state index in [0.717, 1.165) is 5.56 Å². The van der Waals surface area contributed by atoms with Gasteiger partial charge in [-0.15, -0.1) is 0 Å². The monoisotopic (exact) mass is 411 g/mol. The summed E-state index contributed by atoms with van der Waals surface area (Å²) in [6.45, 7) is 4.47. The van der Waals surface area contributed by atoms with Crippen molar-refractivity contribution in [2.75, 3.05) is 19.3 Å². The van der Waals surface area contributed by atoms with E-state index in [2.05, 4.69) is 10.6 Å². The molecule has 0 spiro atoms. The first kappa shape index (κ1) is 22.2. The highest BCUT2D eigenvalue weighted by atomic mass is 32.2. The number of alkyl carbamates (subject to hydrolysis) is 1. The van der Waals surface area contributed by atoms with Gasteiger partial charge in [-0.05, 0) is 24.3 Å². The molecular formula is C19H29N3O5S. The molecule has 156 valence electrons. The number of sulfonamides is 1. The van der Waals surface area contributed by atoms with Crippen LogP contribution in [-0.2, 0) is 26.2 Å². The Labute approximate surface area is 166 Å². The Bertz CT molecular complexity index is 767. The molecule has 2 N–H and O–H groups in total. The summed E-state index contributed by atoms with van der Waals surface area (Å²) in [7, 11) is -3.29. The summed E-state index contributed by atoms with van der Waals surface area (Å²) < 4.78 is 30.0. The van der Waals surface area contributed by atoms with E-state index in [1.165, 1.54) is 10.6 Å². The lowest BCUT2D eigenvalue weighted by Gasteiger charge is -2.32. The van der Waals surface area contributed by atoms with Gasteiger partial charge >= 0.3 is 6.09 Å². The molecule has 2 rings (SSSR count). The van der Waals surface area contributed by atoms with E-state index in [0.29, 0.717) is 19.4 Å². The van der Waals surface area contributed by atoms with E-state index < -0.39 is 22.2 Å². The molecule has 28 heavy (non-hydrogen) atoms. The zero-order valence-electron chi connectivity index (χ0n) is 16.6. The molecule has 1 saturated heterocycles. The highest BCUT2D eigenvalue weighted by Crippen LogP contribution is 2.14. The number of piperidine rings is 1. The van der Waals surface area contributed by atoms with Gasteiger partial charge in [0.05, 0.1) is 6.26 Å². The fraction of sp³-hybridized carbons (Fsp3) is 0.579. The number of hydrogen-bond donors (Lipinski definition) is 2. The summed E-state index contributed by atoms with van der Waals surface area (Å²) >= 11 is 0. The van der Waals surface area contributed by atoms with Crippen LogP contribution < -0.4 is 10.6 Å². The second-order valence-corrected chi connectivity index (χ2v) is 9.38. The number of amides is 2. The second kappa shape index (κ2) is 9.88. The van der Waals surface area contributed by atoms with E-state index in [9.17, 15) is 18.0 Å². The summed E-state index contributed by atoms with van der Waals surface area (Å²) in [6, 6.07) is 8.22. The number of benzene rings is 1. The highest BCUT2D eigenvalue weighted by Gasteiger charge is 2.30. The topological polar surface area (TPSA) is 105 Å². The van der Waals surface area contributed by atoms with E-state index in [-0.39, 0.29) is 31.0 Å². The van der Waals surface area contributed by atoms with Gasteiger partial charge in [-0.3, -0.25) is 4.79 Å². The van der Waals surface area contributed by atoms with Gasteiger partial charge < -0.3 is 15.4 Å². The molecule has 1 aromatic rings. The Balaban J connectivity index is 1.89. The fourth-order valence-corrected chi connectivity index (χ4v) is 3.99. The number of carbonyl (C=O) groups is 2. The normalized spacial score (nSPS) is 19.1. The van der Waals surface area contributed by atoms with Crippen molar-refractivity contribution < 1.29 is 22.7 Å². The van der Waals surface area contributed by atoms with E-state index in [1.54, 1.807) is 0 Å². The van der Waals surface area contributed by atoms with Crippen molar-refractivity contribution in [3.8, 4) is 0 Å². The number of carbonyl (C=O) groups excluding carboxylic acids is 2. The predicted molar refractivity (Wildman–Crippen MR) is 106 cm³/mol. The minimum Gasteiger partial charge on any atom is -0.445 e. The molecule has 0 aliphatic carbocycles. The number of ether oxygens (including phenoxy) is 1. The van der Waals surface area contributed by atoms with Crippen molar-refractivity contribution in [3.05, 3.63) is 35.9 Å². The molecule has 0 bridgehead atoms. The third-order valence-corrected chi connectivity index (χ3v) is 5.90. The van der Waals surface area contributed by atoms with Crippen LogP contribution in [0.25, 0.3) is 0 Å². The van der Waals surface area contributed by atoms with E-state index in [1.807, 2.05) is 44.2 Å². The van der Waals surface area contributed by atoms with Crippen molar-refractivity contribution in [2.24, 2.45) is 5.92 Å². The van der Waals surface area contributed by atoms with E-state index in [4.69, 9.17) is 4.74 Å². The van der Waals surface area contributed by atoms with Crippen LogP contribution in [0.1, 0.15) is 32.3 Å². The van der Waals surface area contributed by atoms with Crippen molar-refractivity contribution in [3.63, 3.8) is 0 Å². The van der Waals surface area contributed by atoms with Gasteiger partial charge in [-0.2, -0.15) is 0 Å². The lowest BCUT2D eigenvalue weighted by Crippen LogP contribution is -2.55. The third-order valence-electron chi connectivity index (χ3n) is 4.63. The summed E-state index contributed by atoms with van der Waals surface area (Å²) in [4.78, 5) is 24.8. The molecule has 0 radical (unpaired) electrons. The van der Waals surface area contributed by atoms with Crippen LogP contribution in [0, 0.1) is 5.92 Å². The molecule has 1 aliphatic heterocycles. The van der Waals surface area contributed by atoms with Gasteiger partial charge in [-0.25, -0.2) is 17.5 Å². The van der Waals surface area contributed by atoms with Crippen molar-refractivity contribution in [2.45, 2.75) is 45.4 Å². The average molecular weight is 412 g/mol. The van der Waals surface area contributed by atoms with Gasteiger partial charge in [0.2, 0.25) is 15.9 Å². The van der Waals surface area contributed by atoms with E-state index >= 15 is 0 Å². The molecule has 9 heteroatoms. The highest BCUT2D eigenvalue weighted by molar-refractivity contribution is 7.88. The molecule has 1 fully saturated rings. The first-order valence-electron chi connectivity index (χ1n) is 9.39. The number of hydrogen-bond acceptors (Lipinski definition) is 5. The zero-order valence-corrected chi connectivity index (χ0v) is 17.4. The number of nitrogens with zero attached hydrogens (tertiary/aromatic N) is 1. The zero-order chi connectivity index (χ0) is 20.7. The summed E-state index contributed by atoms with van der Waals surface area (Å²) in [5, 5.41) is 5.48. The third kappa shape index (κ3) is 6.79. The largest absolute Gasteiger partial charge is 0.445 e. The van der Waals surface area contributed by atoms with Crippen LogP contribution in [0.4, 0.5) is 4.79 Å². The van der Waals surface area contributed by atoms with Crippen LogP contribution in [-0.4, -0.2) is 56.2 Å². The van der Waals surface area contributed by atoms with Crippen LogP contribution in [0.15, 0.2) is 30.3 Å². The Morgan fingerprint density at radius 2 is 1.93 bits per heavy atom. The second-order valence-electron chi connectivity index (χ2n) is 7.40. The Kier molecular flexibility index (Phi) is 7.82. The minimum absolute atomic E-state index is 0.116. The Morgan fingerprint density at radius 1 is 1.25 bits per heavy atom. The van der Waals surface area contributed by atoms with Crippen LogP contribution in [0.3, 0.4) is 0 Å². The molecule has 2 amide bonds. The van der Waals surface area contributed by atoms with Crippen LogP contribution in [0.5, 0.6) is 0 Å². The van der Waals surface area contributed by atoms with Gasteiger partial charge in [0, 0.05) is 19.1 Å².